The van der Waals surface area contributed by atoms with Crippen LogP contribution in [-0.2, 0) is 0 Å². The van der Waals surface area contributed by atoms with Crippen LogP contribution in [0.25, 0.3) is 16.9 Å². The third kappa shape index (κ3) is 2.53. The molecular weight excluding hydrogens is 364 g/mol. The fourth-order valence-electron chi connectivity index (χ4n) is 2.04. The molecule has 0 aliphatic heterocycles. The summed E-state index contributed by atoms with van der Waals surface area (Å²) < 4.78 is 28.5. The summed E-state index contributed by atoms with van der Waals surface area (Å²) in [5, 5.41) is 4.31. The highest BCUT2D eigenvalue weighted by atomic mass is 79.9. The second-order valence-electron chi connectivity index (χ2n) is 4.51. The zero-order valence-corrected chi connectivity index (χ0v) is 13.2. The van der Waals surface area contributed by atoms with Crippen LogP contribution in [-0.4, -0.2) is 14.6 Å². The molecule has 0 fully saturated rings. The number of hydrogen-bond acceptors (Lipinski definition) is 2. The molecule has 108 valence electrons. The first-order valence-corrected chi connectivity index (χ1v) is 7.24. The maximum absolute atomic E-state index is 13.3. The van der Waals surface area contributed by atoms with Gasteiger partial charge in [0.15, 0.2) is 5.65 Å². The van der Waals surface area contributed by atoms with Crippen LogP contribution < -0.4 is 0 Å². The fraction of sp³-hybridized carbons (Fsp3) is 0.143. The quantitative estimate of drug-likeness (QED) is 0.629. The van der Waals surface area contributed by atoms with Crippen LogP contribution >= 0.6 is 27.5 Å². The predicted molar refractivity (Wildman–Crippen MR) is 80.8 cm³/mol. The minimum Gasteiger partial charge on any atom is -0.227 e. The molecule has 0 atom stereocenters. The van der Waals surface area contributed by atoms with Gasteiger partial charge in [-0.15, -0.1) is 0 Å². The van der Waals surface area contributed by atoms with Crippen molar-refractivity contribution in [2.45, 2.75) is 13.3 Å². The highest BCUT2D eigenvalue weighted by molar-refractivity contribution is 9.10. The highest BCUT2D eigenvalue weighted by Crippen LogP contribution is 2.30. The summed E-state index contributed by atoms with van der Waals surface area (Å²) in [6.45, 7) is 1.66. The highest BCUT2D eigenvalue weighted by Gasteiger charge is 2.19. The van der Waals surface area contributed by atoms with Gasteiger partial charge in [0.1, 0.15) is 10.7 Å². The van der Waals surface area contributed by atoms with Crippen molar-refractivity contribution in [1.29, 1.82) is 0 Å². The Labute approximate surface area is 132 Å². The standard InChI is InChI=1S/C14H9BrClF2N3/c1-7-12(16)14-19-10(8-2-4-9(15)5-3-8)6-11(13(17)18)21(14)20-7/h2-6,13H,1H3. The molecule has 0 saturated heterocycles. The number of fused-ring (bicyclic) bond motifs is 1. The fourth-order valence-corrected chi connectivity index (χ4v) is 2.47. The molecule has 0 aliphatic carbocycles. The number of nitrogens with zero attached hydrogens (tertiary/aromatic N) is 3. The molecule has 0 amide bonds. The minimum atomic E-state index is -2.67. The van der Waals surface area contributed by atoms with Crippen molar-refractivity contribution >= 4 is 33.2 Å². The van der Waals surface area contributed by atoms with E-state index >= 15 is 0 Å². The van der Waals surface area contributed by atoms with E-state index in [0.29, 0.717) is 11.4 Å². The summed E-state index contributed by atoms with van der Waals surface area (Å²) >= 11 is 9.44. The lowest BCUT2D eigenvalue weighted by atomic mass is 10.1. The van der Waals surface area contributed by atoms with E-state index in [1.165, 1.54) is 6.07 Å². The summed E-state index contributed by atoms with van der Waals surface area (Å²) in [6.07, 6.45) is -2.67. The molecule has 7 heteroatoms. The van der Waals surface area contributed by atoms with Gasteiger partial charge in [0.05, 0.1) is 11.4 Å². The Morgan fingerprint density at radius 1 is 1.24 bits per heavy atom. The molecule has 3 rings (SSSR count). The second kappa shape index (κ2) is 5.35. The lowest BCUT2D eigenvalue weighted by Crippen LogP contribution is -2.02. The Morgan fingerprint density at radius 2 is 1.90 bits per heavy atom. The lowest BCUT2D eigenvalue weighted by molar-refractivity contribution is 0.143. The molecule has 3 nitrogen and oxygen atoms in total. The molecular formula is C14H9BrClF2N3. The summed E-state index contributed by atoms with van der Waals surface area (Å²) in [7, 11) is 0. The normalized spacial score (nSPS) is 11.5. The van der Waals surface area contributed by atoms with Crippen LogP contribution in [0.3, 0.4) is 0 Å². The molecule has 0 N–H and O–H groups in total. The van der Waals surface area contributed by atoms with Gasteiger partial charge in [-0.1, -0.05) is 39.7 Å². The van der Waals surface area contributed by atoms with Crippen molar-refractivity contribution in [2.75, 3.05) is 0 Å². The molecule has 1 aromatic carbocycles. The van der Waals surface area contributed by atoms with Crippen molar-refractivity contribution in [3.8, 4) is 11.3 Å². The van der Waals surface area contributed by atoms with E-state index in [0.717, 1.165) is 14.6 Å². The van der Waals surface area contributed by atoms with Gasteiger partial charge in [0.25, 0.3) is 6.43 Å². The minimum absolute atomic E-state index is 0.229. The van der Waals surface area contributed by atoms with Crippen LogP contribution in [0, 0.1) is 6.92 Å². The predicted octanol–water partition coefficient (Wildman–Crippen LogP) is 5.06. The van der Waals surface area contributed by atoms with E-state index in [-0.39, 0.29) is 16.4 Å². The van der Waals surface area contributed by atoms with Crippen LogP contribution in [0.4, 0.5) is 8.78 Å². The molecule has 2 heterocycles. The maximum Gasteiger partial charge on any atom is 0.280 e. The number of aryl methyl sites for hydroxylation is 1. The molecule has 0 radical (unpaired) electrons. The Balaban J connectivity index is 2.29. The van der Waals surface area contributed by atoms with Gasteiger partial charge in [0.2, 0.25) is 0 Å². The van der Waals surface area contributed by atoms with E-state index in [4.69, 9.17) is 11.6 Å². The maximum atomic E-state index is 13.3. The van der Waals surface area contributed by atoms with Crippen molar-refractivity contribution < 1.29 is 8.78 Å². The van der Waals surface area contributed by atoms with E-state index in [2.05, 4.69) is 26.0 Å². The first kappa shape index (κ1) is 14.4. The van der Waals surface area contributed by atoms with E-state index < -0.39 is 6.43 Å². The first-order chi connectivity index (χ1) is 9.97. The molecule has 0 unspecified atom stereocenters. The zero-order valence-electron chi connectivity index (χ0n) is 10.8. The number of halogens is 4. The van der Waals surface area contributed by atoms with Crippen molar-refractivity contribution in [1.82, 2.24) is 14.6 Å². The summed E-state index contributed by atoms with van der Waals surface area (Å²) in [4.78, 5) is 4.36. The number of benzene rings is 1. The molecule has 0 bridgehead atoms. The average molecular weight is 373 g/mol. The Kier molecular flexibility index (Phi) is 3.67. The molecule has 21 heavy (non-hydrogen) atoms. The van der Waals surface area contributed by atoms with Gasteiger partial charge in [-0.25, -0.2) is 18.3 Å². The van der Waals surface area contributed by atoms with Gasteiger partial charge < -0.3 is 0 Å². The van der Waals surface area contributed by atoms with Crippen molar-refractivity contribution in [3.63, 3.8) is 0 Å². The van der Waals surface area contributed by atoms with Crippen LogP contribution in [0.1, 0.15) is 17.8 Å². The summed E-state index contributed by atoms with van der Waals surface area (Å²) in [5.41, 5.74) is 1.65. The molecule has 0 aliphatic rings. The van der Waals surface area contributed by atoms with Crippen LogP contribution in [0.5, 0.6) is 0 Å². The molecule has 2 aromatic heterocycles. The van der Waals surface area contributed by atoms with E-state index in [1.807, 2.05) is 12.1 Å². The summed E-state index contributed by atoms with van der Waals surface area (Å²) in [6, 6.07) is 8.59. The van der Waals surface area contributed by atoms with Crippen molar-refractivity contribution in [3.05, 3.63) is 51.2 Å². The zero-order chi connectivity index (χ0) is 15.1. The largest absolute Gasteiger partial charge is 0.280 e. The number of alkyl halides is 2. The summed E-state index contributed by atoms with van der Waals surface area (Å²) in [5.74, 6) is 0. The third-order valence-electron chi connectivity index (χ3n) is 3.08. The Bertz CT molecular complexity index is 815. The van der Waals surface area contributed by atoms with Crippen LogP contribution in [0.2, 0.25) is 5.02 Å². The molecule has 3 aromatic rings. The molecule has 0 spiro atoms. The third-order valence-corrected chi connectivity index (χ3v) is 4.05. The van der Waals surface area contributed by atoms with Gasteiger partial charge in [0, 0.05) is 10.0 Å². The second-order valence-corrected chi connectivity index (χ2v) is 5.80. The monoisotopic (exact) mass is 371 g/mol. The number of aromatic nitrogens is 3. The lowest BCUT2D eigenvalue weighted by Gasteiger charge is -2.07. The first-order valence-electron chi connectivity index (χ1n) is 6.07. The number of hydrogen-bond donors (Lipinski definition) is 0. The van der Waals surface area contributed by atoms with Crippen molar-refractivity contribution in [2.24, 2.45) is 0 Å². The van der Waals surface area contributed by atoms with Gasteiger partial charge in [-0.2, -0.15) is 5.10 Å². The topological polar surface area (TPSA) is 30.2 Å². The molecule has 0 saturated carbocycles. The van der Waals surface area contributed by atoms with E-state index in [1.54, 1.807) is 19.1 Å². The SMILES string of the molecule is Cc1nn2c(C(F)F)cc(-c3ccc(Br)cc3)nc2c1Cl. The average Bonchev–Trinajstić information content (AvgIpc) is 2.74. The van der Waals surface area contributed by atoms with E-state index in [9.17, 15) is 8.78 Å². The van der Waals surface area contributed by atoms with Gasteiger partial charge in [-0.3, -0.25) is 0 Å². The van der Waals surface area contributed by atoms with Crippen LogP contribution in [0.15, 0.2) is 34.8 Å². The Morgan fingerprint density at radius 3 is 2.52 bits per heavy atom. The number of rotatable bonds is 2. The Hall–Kier alpha value is -1.53. The smallest absolute Gasteiger partial charge is 0.227 e. The van der Waals surface area contributed by atoms with Gasteiger partial charge >= 0.3 is 0 Å². The van der Waals surface area contributed by atoms with Gasteiger partial charge in [-0.05, 0) is 25.1 Å².